The summed E-state index contributed by atoms with van der Waals surface area (Å²) >= 11 is 3.23. The summed E-state index contributed by atoms with van der Waals surface area (Å²) in [6.07, 6.45) is 2.31. The van der Waals surface area contributed by atoms with E-state index in [0.29, 0.717) is 5.92 Å². The highest BCUT2D eigenvalue weighted by molar-refractivity contribution is 7.29. The number of thiophene rings is 1. The number of carbonyl (C=O) groups excluding carboxylic acids is 1. The van der Waals surface area contributed by atoms with Crippen molar-refractivity contribution < 1.29 is 4.79 Å². The smallest absolute Gasteiger partial charge is 0.264 e. The zero-order valence-electron chi connectivity index (χ0n) is 15.5. The largest absolute Gasteiger partial charge is 0.349 e. The van der Waals surface area contributed by atoms with Crippen LogP contribution in [0.15, 0.2) is 6.07 Å². The monoisotopic (exact) mass is 438 g/mol. The van der Waals surface area contributed by atoms with Crippen molar-refractivity contribution in [2.45, 2.75) is 26.7 Å². The molecule has 3 heterocycles. The van der Waals surface area contributed by atoms with E-state index in [4.69, 9.17) is 4.98 Å². The Bertz CT molecular complexity index is 669. The number of nitrogens with zero attached hydrogens (tertiary/aromatic N) is 3. The van der Waals surface area contributed by atoms with Crippen molar-refractivity contribution in [1.29, 1.82) is 0 Å². The van der Waals surface area contributed by atoms with Crippen LogP contribution >= 0.6 is 47.5 Å². The minimum absolute atomic E-state index is 0. The Kier molecular flexibility index (Phi) is 9.61. The van der Waals surface area contributed by atoms with Crippen LogP contribution in [-0.2, 0) is 0 Å². The van der Waals surface area contributed by atoms with Crippen molar-refractivity contribution in [3.8, 4) is 0 Å². The van der Waals surface area contributed by atoms with Crippen molar-refractivity contribution in [2.75, 3.05) is 44.7 Å². The second kappa shape index (κ2) is 10.7. The molecule has 0 spiro atoms. The molecule has 2 aromatic rings. The molecular weight excluding hydrogens is 411 g/mol. The number of anilines is 1. The summed E-state index contributed by atoms with van der Waals surface area (Å²) in [7, 11) is 1.98. The standard InChI is InChI=1S/C17H26N4OS2.2ClH/c1-4-20(5-2)17-19-15-13(24-17)9-14(23-15)16(22)21-8-6-7-12(11-21)10-18-3;;/h9,12,18H,4-8,10-11H2,1-3H3;2*1H. The van der Waals surface area contributed by atoms with Crippen LogP contribution in [0.25, 0.3) is 9.53 Å². The third-order valence-corrected chi connectivity index (χ3v) is 6.83. The van der Waals surface area contributed by atoms with Crippen molar-refractivity contribution in [1.82, 2.24) is 15.2 Å². The zero-order valence-corrected chi connectivity index (χ0v) is 18.8. The molecule has 26 heavy (non-hydrogen) atoms. The van der Waals surface area contributed by atoms with E-state index in [0.717, 1.165) is 58.7 Å². The number of nitrogens with one attached hydrogen (secondary N) is 1. The average molecular weight is 439 g/mol. The van der Waals surface area contributed by atoms with Crippen LogP contribution in [0.4, 0.5) is 5.13 Å². The highest BCUT2D eigenvalue weighted by Gasteiger charge is 2.26. The molecule has 2 aromatic heterocycles. The lowest BCUT2D eigenvalue weighted by molar-refractivity contribution is 0.0679. The first-order valence-electron chi connectivity index (χ1n) is 8.75. The number of likely N-dealkylation sites (tertiary alicyclic amines) is 1. The lowest BCUT2D eigenvalue weighted by Crippen LogP contribution is -2.42. The number of hydrogen-bond donors (Lipinski definition) is 1. The molecule has 148 valence electrons. The zero-order chi connectivity index (χ0) is 17.1. The van der Waals surface area contributed by atoms with Gasteiger partial charge in [-0.15, -0.1) is 36.2 Å². The molecule has 1 fully saturated rings. The number of thiazole rings is 1. The van der Waals surface area contributed by atoms with Crippen molar-refractivity contribution in [3.05, 3.63) is 10.9 Å². The summed E-state index contributed by atoms with van der Waals surface area (Å²) in [4.78, 5) is 23.7. The Hall–Kier alpha value is -0.600. The fourth-order valence-corrected chi connectivity index (χ4v) is 5.63. The van der Waals surface area contributed by atoms with E-state index in [1.54, 1.807) is 11.3 Å². The first-order chi connectivity index (χ1) is 11.7. The minimum Gasteiger partial charge on any atom is -0.349 e. The van der Waals surface area contributed by atoms with Crippen LogP contribution in [0.1, 0.15) is 36.4 Å². The normalized spacial score (nSPS) is 16.9. The number of hydrogen-bond acceptors (Lipinski definition) is 6. The molecule has 1 unspecified atom stereocenters. The maximum absolute atomic E-state index is 12.8. The van der Waals surface area contributed by atoms with Gasteiger partial charge < -0.3 is 15.1 Å². The van der Waals surface area contributed by atoms with Crippen LogP contribution in [-0.4, -0.2) is 55.6 Å². The molecule has 0 radical (unpaired) electrons. The van der Waals surface area contributed by atoms with Gasteiger partial charge in [0.05, 0.1) is 9.58 Å². The molecule has 1 aliphatic heterocycles. The van der Waals surface area contributed by atoms with Gasteiger partial charge in [-0.25, -0.2) is 4.98 Å². The van der Waals surface area contributed by atoms with Gasteiger partial charge in [0.25, 0.3) is 5.91 Å². The number of piperidine rings is 1. The Morgan fingerprint density at radius 3 is 2.69 bits per heavy atom. The van der Waals surface area contributed by atoms with Gasteiger partial charge in [0.2, 0.25) is 0 Å². The topological polar surface area (TPSA) is 48.5 Å². The summed E-state index contributed by atoms with van der Waals surface area (Å²) in [5, 5.41) is 4.30. The number of fused-ring (bicyclic) bond motifs is 1. The summed E-state index contributed by atoms with van der Waals surface area (Å²) in [5.74, 6) is 0.747. The molecule has 9 heteroatoms. The number of amides is 1. The van der Waals surface area contributed by atoms with Crippen LogP contribution in [0, 0.1) is 5.92 Å². The molecule has 0 aromatic carbocycles. The average Bonchev–Trinajstić information content (AvgIpc) is 3.15. The highest BCUT2D eigenvalue weighted by Crippen LogP contribution is 2.35. The quantitative estimate of drug-likeness (QED) is 0.736. The third-order valence-electron chi connectivity index (χ3n) is 4.62. The lowest BCUT2D eigenvalue weighted by atomic mass is 9.98. The van der Waals surface area contributed by atoms with E-state index >= 15 is 0 Å². The predicted octanol–water partition coefficient (Wildman–Crippen LogP) is 4.12. The Labute approximate surface area is 176 Å². The maximum atomic E-state index is 12.8. The van der Waals surface area contributed by atoms with Gasteiger partial charge in [-0.3, -0.25) is 4.79 Å². The summed E-state index contributed by atoms with van der Waals surface area (Å²) in [5.41, 5.74) is 0. The van der Waals surface area contributed by atoms with Crippen molar-refractivity contribution in [2.24, 2.45) is 5.92 Å². The van der Waals surface area contributed by atoms with E-state index in [1.165, 1.54) is 17.8 Å². The van der Waals surface area contributed by atoms with E-state index in [9.17, 15) is 4.79 Å². The molecule has 1 atom stereocenters. The van der Waals surface area contributed by atoms with Gasteiger partial charge in [0.15, 0.2) is 5.13 Å². The van der Waals surface area contributed by atoms with Gasteiger partial charge in [-0.2, -0.15) is 0 Å². The van der Waals surface area contributed by atoms with Gasteiger partial charge in [-0.1, -0.05) is 11.3 Å². The van der Waals surface area contributed by atoms with Crippen LogP contribution < -0.4 is 10.2 Å². The molecule has 1 N–H and O–H groups in total. The number of rotatable bonds is 6. The molecule has 5 nitrogen and oxygen atoms in total. The van der Waals surface area contributed by atoms with Gasteiger partial charge in [-0.05, 0) is 52.3 Å². The summed E-state index contributed by atoms with van der Waals surface area (Å²) < 4.78 is 1.13. The molecule has 0 aliphatic carbocycles. The second-order valence-electron chi connectivity index (χ2n) is 6.27. The molecule has 1 saturated heterocycles. The third kappa shape index (κ3) is 5.01. The van der Waals surface area contributed by atoms with Crippen molar-refractivity contribution >= 4 is 68.1 Å². The van der Waals surface area contributed by atoms with Crippen LogP contribution in [0.3, 0.4) is 0 Å². The molecule has 0 saturated carbocycles. The highest BCUT2D eigenvalue weighted by atomic mass is 35.5. The van der Waals surface area contributed by atoms with E-state index in [2.05, 4.69) is 24.1 Å². The van der Waals surface area contributed by atoms with Gasteiger partial charge in [0, 0.05) is 26.2 Å². The Balaban J connectivity index is 0.00000169. The number of carbonyl (C=O) groups is 1. The fourth-order valence-electron chi connectivity index (χ4n) is 3.32. The summed E-state index contributed by atoms with van der Waals surface area (Å²) in [6.45, 7) is 8.94. The SMILES string of the molecule is CCN(CC)c1nc2sc(C(=O)N3CCCC(CNC)C3)cc2s1.Cl.Cl. The molecule has 3 rings (SSSR count). The van der Waals surface area contributed by atoms with Crippen molar-refractivity contribution in [3.63, 3.8) is 0 Å². The fraction of sp³-hybridized carbons (Fsp3) is 0.647. The van der Waals surface area contributed by atoms with Crippen LogP contribution in [0.5, 0.6) is 0 Å². The second-order valence-corrected chi connectivity index (χ2v) is 8.31. The first kappa shape index (κ1) is 23.4. The summed E-state index contributed by atoms with van der Waals surface area (Å²) in [6, 6.07) is 2.04. The maximum Gasteiger partial charge on any atom is 0.264 e. The molecule has 1 amide bonds. The number of halogens is 2. The molecule has 1 aliphatic rings. The number of aromatic nitrogens is 1. The predicted molar refractivity (Wildman–Crippen MR) is 118 cm³/mol. The van der Waals surface area contributed by atoms with E-state index in [1.807, 2.05) is 18.0 Å². The van der Waals surface area contributed by atoms with E-state index in [-0.39, 0.29) is 30.7 Å². The van der Waals surface area contributed by atoms with Gasteiger partial charge in [0.1, 0.15) is 4.83 Å². The van der Waals surface area contributed by atoms with Crippen LogP contribution in [0.2, 0.25) is 0 Å². The molecule has 0 bridgehead atoms. The Morgan fingerprint density at radius 2 is 2.08 bits per heavy atom. The minimum atomic E-state index is 0. The first-order valence-corrected chi connectivity index (χ1v) is 10.4. The van der Waals surface area contributed by atoms with E-state index < -0.39 is 0 Å². The Morgan fingerprint density at radius 1 is 1.35 bits per heavy atom. The molecular formula is C17H28Cl2N4OS2. The lowest BCUT2D eigenvalue weighted by Gasteiger charge is -2.32. The van der Waals surface area contributed by atoms with Gasteiger partial charge >= 0.3 is 0 Å².